The molecule has 2 aliphatic rings. The van der Waals surface area contributed by atoms with Crippen LogP contribution in [0.5, 0.6) is 0 Å². The molecular weight excluding hydrogens is 334 g/mol. The van der Waals surface area contributed by atoms with Gasteiger partial charge in [-0.15, -0.1) is 10.2 Å². The van der Waals surface area contributed by atoms with Crippen molar-refractivity contribution in [1.29, 1.82) is 5.26 Å². The number of aromatic nitrogens is 2. The highest BCUT2D eigenvalue weighted by Crippen LogP contribution is 2.35. The molecule has 0 N–H and O–H groups in total. The Kier molecular flexibility index (Phi) is 4.84. The lowest BCUT2D eigenvalue weighted by atomic mass is 9.93. The summed E-state index contributed by atoms with van der Waals surface area (Å²) in [6, 6.07) is 8.56. The zero-order valence-corrected chi connectivity index (χ0v) is 16.5. The van der Waals surface area contributed by atoms with Gasteiger partial charge in [0.15, 0.2) is 5.82 Å². The van der Waals surface area contributed by atoms with Gasteiger partial charge in [-0.1, -0.05) is 6.07 Å². The summed E-state index contributed by atoms with van der Waals surface area (Å²) in [5.41, 5.74) is 6.39. The molecule has 0 saturated carbocycles. The smallest absolute Gasteiger partial charge is 0.155 e. The van der Waals surface area contributed by atoms with Crippen molar-refractivity contribution in [2.75, 3.05) is 31.6 Å². The molecule has 140 valence electrons. The number of likely N-dealkylation sites (N-methyl/N-ethyl adjacent to an activating group) is 1. The van der Waals surface area contributed by atoms with Gasteiger partial charge in [0.1, 0.15) is 0 Å². The number of fused-ring (bicyclic) bond motifs is 1. The van der Waals surface area contributed by atoms with Gasteiger partial charge in [0.25, 0.3) is 0 Å². The van der Waals surface area contributed by atoms with E-state index in [1.807, 2.05) is 25.1 Å². The molecule has 2 aliphatic heterocycles. The van der Waals surface area contributed by atoms with Gasteiger partial charge in [-0.25, -0.2) is 0 Å². The molecule has 3 heterocycles. The van der Waals surface area contributed by atoms with Crippen LogP contribution in [-0.4, -0.2) is 47.8 Å². The number of anilines is 1. The Bertz CT molecular complexity index is 898. The lowest BCUT2D eigenvalue weighted by Gasteiger charge is -2.41. The van der Waals surface area contributed by atoms with Crippen LogP contribution < -0.4 is 4.90 Å². The SMILES string of the molecule is Cc1cc(C#N)ccc1-c1nnc2c(c1C)CCCN2C1CCCN(C)C1. The van der Waals surface area contributed by atoms with E-state index in [0.29, 0.717) is 11.6 Å². The number of hydrogen-bond donors (Lipinski definition) is 0. The lowest BCUT2D eigenvalue weighted by molar-refractivity contribution is 0.242. The Morgan fingerprint density at radius 1 is 1.15 bits per heavy atom. The topological polar surface area (TPSA) is 56.1 Å². The second-order valence-corrected chi connectivity index (χ2v) is 7.97. The average Bonchev–Trinajstić information content (AvgIpc) is 2.68. The number of hydrogen-bond acceptors (Lipinski definition) is 5. The Labute approximate surface area is 161 Å². The number of nitriles is 1. The van der Waals surface area contributed by atoms with Crippen molar-refractivity contribution in [3.63, 3.8) is 0 Å². The quantitative estimate of drug-likeness (QED) is 0.820. The summed E-state index contributed by atoms with van der Waals surface area (Å²) in [5, 5.41) is 18.5. The first-order valence-electron chi connectivity index (χ1n) is 9.91. The van der Waals surface area contributed by atoms with E-state index in [9.17, 15) is 0 Å². The summed E-state index contributed by atoms with van der Waals surface area (Å²) in [6.45, 7) is 7.60. The first-order valence-corrected chi connectivity index (χ1v) is 9.91. The summed E-state index contributed by atoms with van der Waals surface area (Å²) in [5.74, 6) is 1.09. The predicted octanol–water partition coefficient (Wildman–Crippen LogP) is 3.48. The maximum atomic E-state index is 9.12. The van der Waals surface area contributed by atoms with E-state index >= 15 is 0 Å². The van der Waals surface area contributed by atoms with E-state index in [1.165, 1.54) is 36.9 Å². The molecule has 0 radical (unpaired) electrons. The van der Waals surface area contributed by atoms with E-state index < -0.39 is 0 Å². The molecule has 27 heavy (non-hydrogen) atoms. The summed E-state index contributed by atoms with van der Waals surface area (Å²) < 4.78 is 0. The standard InChI is InChI=1S/C22H27N5/c1-15-12-17(13-23)8-9-19(15)21-16(2)20-7-5-11-27(22(20)25-24-21)18-6-4-10-26(3)14-18/h8-9,12,18H,4-7,10-11,14H2,1-3H3. The molecule has 0 spiro atoms. The van der Waals surface area contributed by atoms with Crippen molar-refractivity contribution in [3.05, 3.63) is 40.5 Å². The summed E-state index contributed by atoms with van der Waals surface area (Å²) in [4.78, 5) is 4.93. The monoisotopic (exact) mass is 361 g/mol. The molecule has 1 aromatic heterocycles. The van der Waals surface area contributed by atoms with E-state index in [0.717, 1.165) is 42.1 Å². The number of aryl methyl sites for hydroxylation is 1. The molecule has 1 aromatic carbocycles. The van der Waals surface area contributed by atoms with Gasteiger partial charge >= 0.3 is 0 Å². The maximum Gasteiger partial charge on any atom is 0.155 e. The van der Waals surface area contributed by atoms with Gasteiger partial charge in [-0.2, -0.15) is 5.26 Å². The van der Waals surface area contributed by atoms with Crippen molar-refractivity contribution >= 4 is 5.82 Å². The van der Waals surface area contributed by atoms with Crippen LogP contribution in [0.2, 0.25) is 0 Å². The first-order chi connectivity index (χ1) is 13.1. The van der Waals surface area contributed by atoms with Crippen molar-refractivity contribution in [1.82, 2.24) is 15.1 Å². The fourth-order valence-electron chi connectivity index (χ4n) is 4.61. The van der Waals surface area contributed by atoms with Crippen molar-refractivity contribution in [2.45, 2.75) is 45.6 Å². The van der Waals surface area contributed by atoms with E-state index in [1.54, 1.807) is 0 Å². The van der Waals surface area contributed by atoms with Crippen LogP contribution in [0.15, 0.2) is 18.2 Å². The highest BCUT2D eigenvalue weighted by molar-refractivity contribution is 5.71. The molecule has 0 amide bonds. The van der Waals surface area contributed by atoms with Crippen LogP contribution in [-0.2, 0) is 6.42 Å². The van der Waals surface area contributed by atoms with Crippen LogP contribution in [0.3, 0.4) is 0 Å². The van der Waals surface area contributed by atoms with Crippen molar-refractivity contribution < 1.29 is 0 Å². The van der Waals surface area contributed by atoms with Crippen LogP contribution in [0.1, 0.15) is 41.5 Å². The molecule has 1 fully saturated rings. The van der Waals surface area contributed by atoms with Crippen LogP contribution in [0.4, 0.5) is 5.82 Å². The molecule has 1 saturated heterocycles. The number of likely N-dealkylation sites (tertiary alicyclic amines) is 1. The zero-order chi connectivity index (χ0) is 19.0. The largest absolute Gasteiger partial charge is 0.351 e. The molecule has 5 heteroatoms. The molecule has 5 nitrogen and oxygen atoms in total. The molecule has 0 aliphatic carbocycles. The third-order valence-corrected chi connectivity index (χ3v) is 6.07. The lowest BCUT2D eigenvalue weighted by Crippen LogP contribution is -2.49. The minimum absolute atomic E-state index is 0.541. The third kappa shape index (κ3) is 3.30. The first kappa shape index (κ1) is 17.9. The molecule has 1 unspecified atom stereocenters. The van der Waals surface area contributed by atoms with Gasteiger partial charge in [0.2, 0.25) is 0 Å². The van der Waals surface area contributed by atoms with Crippen LogP contribution >= 0.6 is 0 Å². The second kappa shape index (κ2) is 7.28. The predicted molar refractivity (Wildman–Crippen MR) is 108 cm³/mol. The Balaban J connectivity index is 1.72. The number of benzene rings is 1. The molecule has 2 aromatic rings. The normalized spacial score (nSPS) is 20.2. The van der Waals surface area contributed by atoms with Gasteiger partial charge in [-0.05, 0) is 76.4 Å². The zero-order valence-electron chi connectivity index (χ0n) is 16.5. The van der Waals surface area contributed by atoms with Crippen molar-refractivity contribution in [2.24, 2.45) is 0 Å². The number of piperidine rings is 1. The van der Waals surface area contributed by atoms with E-state index in [4.69, 9.17) is 10.4 Å². The fraction of sp³-hybridized carbons (Fsp3) is 0.500. The summed E-state index contributed by atoms with van der Waals surface area (Å²) in [6.07, 6.45) is 4.73. The Morgan fingerprint density at radius 2 is 2.00 bits per heavy atom. The summed E-state index contributed by atoms with van der Waals surface area (Å²) >= 11 is 0. The van der Waals surface area contributed by atoms with Gasteiger partial charge in [0.05, 0.1) is 17.3 Å². The van der Waals surface area contributed by atoms with Gasteiger partial charge < -0.3 is 9.80 Å². The molecule has 0 bridgehead atoms. The average molecular weight is 361 g/mol. The second-order valence-electron chi connectivity index (χ2n) is 7.97. The highest BCUT2D eigenvalue weighted by Gasteiger charge is 2.30. The fourth-order valence-corrected chi connectivity index (χ4v) is 4.61. The Morgan fingerprint density at radius 3 is 2.74 bits per heavy atom. The molecule has 1 atom stereocenters. The van der Waals surface area contributed by atoms with Gasteiger partial charge in [-0.3, -0.25) is 0 Å². The van der Waals surface area contributed by atoms with Crippen molar-refractivity contribution in [3.8, 4) is 17.3 Å². The van der Waals surface area contributed by atoms with Crippen LogP contribution in [0.25, 0.3) is 11.3 Å². The van der Waals surface area contributed by atoms with E-state index in [2.05, 4.69) is 34.9 Å². The minimum atomic E-state index is 0.541. The Hall–Kier alpha value is -2.45. The minimum Gasteiger partial charge on any atom is -0.351 e. The van der Waals surface area contributed by atoms with Crippen LogP contribution in [0, 0.1) is 25.2 Å². The van der Waals surface area contributed by atoms with E-state index in [-0.39, 0.29) is 0 Å². The molecular formula is C22H27N5. The van der Waals surface area contributed by atoms with Gasteiger partial charge in [0, 0.05) is 30.3 Å². The maximum absolute atomic E-state index is 9.12. The third-order valence-electron chi connectivity index (χ3n) is 6.07. The molecule has 4 rings (SSSR count). The number of nitrogens with zero attached hydrogens (tertiary/aromatic N) is 5. The highest BCUT2D eigenvalue weighted by atomic mass is 15.3. The summed E-state index contributed by atoms with van der Waals surface area (Å²) in [7, 11) is 2.21. The number of rotatable bonds is 2.